The maximum atomic E-state index is 13.5. The molecule has 4 heterocycles. The Hall–Kier alpha value is -0.0900. The summed E-state index contributed by atoms with van der Waals surface area (Å²) in [6, 6.07) is 0. The van der Waals surface area contributed by atoms with E-state index < -0.39 is 0 Å². The van der Waals surface area contributed by atoms with Gasteiger partial charge < -0.3 is 46.6 Å². The van der Waals surface area contributed by atoms with Gasteiger partial charge in [0.25, 0.3) is 0 Å². The van der Waals surface area contributed by atoms with Gasteiger partial charge in [-0.25, -0.2) is 0 Å². The Balaban J connectivity index is -0.00000253. The SMILES string of the molecule is Cl.Cl.Cl.Cl.Cl.Cl.O=C(C1CNCCNC1)N1CCN(C(=O)C2CNCCNC2)CCN(C(=O)C2CNCCNC2)CC1. The van der Waals surface area contributed by atoms with Crippen LogP contribution in [0.2, 0.25) is 0 Å². The zero-order valence-electron chi connectivity index (χ0n) is 24.0. The van der Waals surface area contributed by atoms with Gasteiger partial charge in [0.1, 0.15) is 0 Å². The van der Waals surface area contributed by atoms with Crippen LogP contribution in [0.4, 0.5) is 0 Å². The molecule has 4 rings (SSSR count). The summed E-state index contributed by atoms with van der Waals surface area (Å²) in [6.45, 7) is 11.9. The zero-order valence-corrected chi connectivity index (χ0v) is 28.9. The predicted molar refractivity (Wildman–Crippen MR) is 181 cm³/mol. The molecule has 252 valence electrons. The number of carbonyl (C=O) groups is 3. The average molecular weight is 726 g/mol. The molecule has 12 nitrogen and oxygen atoms in total. The minimum Gasteiger partial charge on any atom is -0.339 e. The molecule has 4 aliphatic heterocycles. The van der Waals surface area contributed by atoms with Crippen molar-refractivity contribution in [1.82, 2.24) is 46.6 Å². The Morgan fingerprint density at radius 3 is 0.690 bits per heavy atom. The van der Waals surface area contributed by atoms with Crippen LogP contribution in [0.1, 0.15) is 0 Å². The number of rotatable bonds is 3. The van der Waals surface area contributed by atoms with Crippen LogP contribution in [0.5, 0.6) is 0 Å². The van der Waals surface area contributed by atoms with Gasteiger partial charge in [0.05, 0.1) is 17.8 Å². The third kappa shape index (κ3) is 13.9. The second kappa shape index (κ2) is 25.1. The van der Waals surface area contributed by atoms with Gasteiger partial charge >= 0.3 is 0 Å². The van der Waals surface area contributed by atoms with Crippen LogP contribution in [0, 0.1) is 17.8 Å². The lowest BCUT2D eigenvalue weighted by atomic mass is 10.1. The van der Waals surface area contributed by atoms with Gasteiger partial charge in [-0.2, -0.15) is 0 Å². The number of nitrogens with one attached hydrogen (secondary N) is 6. The van der Waals surface area contributed by atoms with E-state index in [1.165, 1.54) is 0 Å². The molecule has 0 saturated carbocycles. The van der Waals surface area contributed by atoms with E-state index >= 15 is 0 Å². The molecular weight excluding hydrogens is 675 g/mol. The molecule has 0 unspecified atom stereocenters. The number of nitrogens with zero attached hydrogens (tertiary/aromatic N) is 3. The maximum absolute atomic E-state index is 13.5. The molecule has 42 heavy (non-hydrogen) atoms. The highest BCUT2D eigenvalue weighted by Crippen LogP contribution is 2.12. The Labute approximate surface area is 287 Å². The summed E-state index contributed by atoms with van der Waals surface area (Å²) in [5.41, 5.74) is 0. The van der Waals surface area contributed by atoms with Gasteiger partial charge in [-0.15, -0.1) is 74.4 Å². The second-order valence-corrected chi connectivity index (χ2v) is 10.3. The summed E-state index contributed by atoms with van der Waals surface area (Å²) >= 11 is 0. The van der Waals surface area contributed by atoms with Crippen molar-refractivity contribution in [3.05, 3.63) is 0 Å². The predicted octanol–water partition coefficient (Wildman–Crippen LogP) is -1.56. The molecule has 4 saturated heterocycles. The van der Waals surface area contributed by atoms with Gasteiger partial charge in [-0.3, -0.25) is 14.4 Å². The molecule has 4 fully saturated rings. The third-order valence-corrected chi connectivity index (χ3v) is 7.68. The van der Waals surface area contributed by atoms with E-state index in [0.29, 0.717) is 78.5 Å². The summed E-state index contributed by atoms with van der Waals surface area (Å²) in [5.74, 6) is -0.163. The van der Waals surface area contributed by atoms with Crippen LogP contribution in [0.15, 0.2) is 0 Å². The number of amides is 3. The van der Waals surface area contributed by atoms with Crippen molar-refractivity contribution in [2.24, 2.45) is 17.8 Å². The molecule has 0 atom stereocenters. The van der Waals surface area contributed by atoms with E-state index in [-0.39, 0.29) is 110 Å². The minimum atomic E-state index is -0.146. The van der Waals surface area contributed by atoms with Gasteiger partial charge in [0.15, 0.2) is 0 Å². The van der Waals surface area contributed by atoms with E-state index in [1.807, 2.05) is 14.7 Å². The lowest BCUT2D eigenvalue weighted by Crippen LogP contribution is -2.48. The fourth-order valence-corrected chi connectivity index (χ4v) is 5.42. The van der Waals surface area contributed by atoms with Crippen molar-refractivity contribution >= 4 is 92.2 Å². The summed E-state index contributed by atoms with van der Waals surface area (Å²) in [5, 5.41) is 20.1. The highest BCUT2D eigenvalue weighted by molar-refractivity contribution is 5.86. The molecule has 4 aliphatic rings. The van der Waals surface area contributed by atoms with Crippen molar-refractivity contribution in [3.8, 4) is 0 Å². The Bertz CT molecular complexity index is 633. The van der Waals surface area contributed by atoms with E-state index in [0.717, 1.165) is 39.3 Å². The molecule has 0 aliphatic carbocycles. The van der Waals surface area contributed by atoms with E-state index in [4.69, 9.17) is 0 Å². The van der Waals surface area contributed by atoms with Crippen LogP contribution in [-0.2, 0) is 14.4 Å². The molecule has 18 heteroatoms. The van der Waals surface area contributed by atoms with Crippen molar-refractivity contribution < 1.29 is 14.4 Å². The molecule has 0 radical (unpaired) electrons. The van der Waals surface area contributed by atoms with Crippen molar-refractivity contribution in [2.45, 2.75) is 0 Å². The van der Waals surface area contributed by atoms with Gasteiger partial charge in [0.2, 0.25) is 17.7 Å². The van der Waals surface area contributed by atoms with E-state index in [1.54, 1.807) is 0 Å². The van der Waals surface area contributed by atoms with Crippen molar-refractivity contribution in [2.75, 3.05) is 118 Å². The molecule has 6 N–H and O–H groups in total. The molecule has 0 aromatic rings. The van der Waals surface area contributed by atoms with Gasteiger partial charge in [-0.1, -0.05) is 0 Å². The number of halogens is 6. The highest BCUT2D eigenvalue weighted by atomic mass is 35.5. The van der Waals surface area contributed by atoms with Crippen LogP contribution in [-0.4, -0.2) is 150 Å². The second-order valence-electron chi connectivity index (χ2n) is 10.3. The van der Waals surface area contributed by atoms with E-state index in [2.05, 4.69) is 31.9 Å². The normalized spacial score (nSPS) is 21.6. The first kappa shape index (κ1) is 46.3. The van der Waals surface area contributed by atoms with Crippen LogP contribution >= 0.6 is 74.4 Å². The monoisotopic (exact) mass is 723 g/mol. The molecule has 0 aromatic heterocycles. The third-order valence-electron chi connectivity index (χ3n) is 7.68. The van der Waals surface area contributed by atoms with Gasteiger partial charge in [0, 0.05) is 118 Å². The number of carbonyl (C=O) groups excluding carboxylic acids is 3. The first-order valence-electron chi connectivity index (χ1n) is 13.7. The fourth-order valence-electron chi connectivity index (χ4n) is 5.42. The standard InChI is InChI=1S/C24H45N9O3.6ClH/c34-22(19-13-25-1-2-26-14-19)31-7-9-32(23(35)20-15-27-3-4-28-16-20)11-12-33(10-8-31)24(36)21-17-29-5-6-30-18-21;;;;;;/h19-21,25-30H,1-18H2;6*1H. The molecule has 0 spiro atoms. The van der Waals surface area contributed by atoms with E-state index in [9.17, 15) is 14.4 Å². The number of hydrogen-bond donors (Lipinski definition) is 6. The molecular formula is C24H51Cl6N9O3. The quantitative estimate of drug-likeness (QED) is 0.205. The molecule has 0 bridgehead atoms. The molecule has 0 aromatic carbocycles. The van der Waals surface area contributed by atoms with Crippen LogP contribution in [0.3, 0.4) is 0 Å². The van der Waals surface area contributed by atoms with Crippen molar-refractivity contribution in [3.63, 3.8) is 0 Å². The maximum Gasteiger partial charge on any atom is 0.228 e. The van der Waals surface area contributed by atoms with Crippen LogP contribution < -0.4 is 31.9 Å². The summed E-state index contributed by atoms with van der Waals surface area (Å²) in [4.78, 5) is 46.2. The highest BCUT2D eigenvalue weighted by Gasteiger charge is 2.32. The van der Waals surface area contributed by atoms with Crippen LogP contribution in [0.25, 0.3) is 0 Å². The minimum absolute atomic E-state index is 0. The molecule has 3 amide bonds. The average Bonchev–Trinajstić information content (AvgIpc) is 3.41. The first-order chi connectivity index (χ1) is 17.6. The van der Waals surface area contributed by atoms with Crippen molar-refractivity contribution in [1.29, 1.82) is 0 Å². The topological polar surface area (TPSA) is 133 Å². The Kier molecular flexibility index (Phi) is 27.7. The largest absolute Gasteiger partial charge is 0.339 e. The summed E-state index contributed by atoms with van der Waals surface area (Å²) in [7, 11) is 0. The smallest absolute Gasteiger partial charge is 0.228 e. The lowest BCUT2D eigenvalue weighted by Gasteiger charge is -2.30. The number of hydrogen-bond acceptors (Lipinski definition) is 9. The Morgan fingerprint density at radius 2 is 0.524 bits per heavy atom. The first-order valence-corrected chi connectivity index (χ1v) is 13.7. The summed E-state index contributed by atoms with van der Waals surface area (Å²) < 4.78 is 0. The lowest BCUT2D eigenvalue weighted by molar-refractivity contribution is -0.138. The Morgan fingerprint density at radius 1 is 0.357 bits per heavy atom. The van der Waals surface area contributed by atoms with Gasteiger partial charge in [-0.05, 0) is 0 Å². The summed E-state index contributed by atoms with van der Waals surface area (Å²) in [6.07, 6.45) is 0. The fraction of sp³-hybridized carbons (Fsp3) is 0.875. The zero-order chi connectivity index (χ0) is 25.2.